The first-order valence-electron chi connectivity index (χ1n) is 3.18. The first-order chi connectivity index (χ1) is 5.72. The van der Waals surface area contributed by atoms with Crippen LogP contribution in [0.5, 0.6) is 0 Å². The van der Waals surface area contributed by atoms with Crippen LogP contribution in [0.3, 0.4) is 0 Å². The van der Waals surface area contributed by atoms with E-state index in [1.165, 1.54) is 23.1 Å². The first kappa shape index (κ1) is 12.5. The highest BCUT2D eigenvalue weighted by atomic mass is 79.9. The van der Waals surface area contributed by atoms with Crippen LogP contribution in [0.25, 0.3) is 0 Å². The molecule has 0 atom stereocenters. The van der Waals surface area contributed by atoms with Gasteiger partial charge in [0, 0.05) is 10.6 Å². The lowest BCUT2D eigenvalue weighted by Gasteiger charge is -1.93. The Balaban J connectivity index is 0.00000144. The fourth-order valence-corrected chi connectivity index (χ4v) is 2.07. The van der Waals surface area contributed by atoms with Gasteiger partial charge in [-0.15, -0.1) is 28.3 Å². The maximum atomic E-state index is 8.52. The molecule has 0 aliphatic rings. The highest BCUT2D eigenvalue weighted by Crippen LogP contribution is 2.20. The summed E-state index contributed by atoms with van der Waals surface area (Å²) in [6, 6.07) is 5.73. The molecule has 0 radical (unpaired) electrons. The Morgan fingerprint density at radius 3 is 2.85 bits per heavy atom. The molecule has 0 saturated carbocycles. The van der Waals surface area contributed by atoms with Crippen molar-refractivity contribution in [3.8, 4) is 6.07 Å². The van der Waals surface area contributed by atoms with Crippen molar-refractivity contribution in [3.05, 3.63) is 21.9 Å². The van der Waals surface area contributed by atoms with Crippen molar-refractivity contribution in [2.45, 2.75) is 5.75 Å². The number of nitrogens with two attached hydrogens (primary N) is 1. The predicted octanol–water partition coefficient (Wildman–Crippen LogP) is 2.32. The van der Waals surface area contributed by atoms with Crippen LogP contribution in [0.15, 0.2) is 12.1 Å². The Bertz CT molecular complexity index is 329. The fraction of sp³-hybridized carbons (Fsp3) is 0.143. The Labute approximate surface area is 95.2 Å². The molecule has 3 nitrogen and oxygen atoms in total. The van der Waals surface area contributed by atoms with Crippen molar-refractivity contribution in [3.63, 3.8) is 0 Å². The largest absolute Gasteiger partial charge is 0.379 e. The van der Waals surface area contributed by atoms with Gasteiger partial charge in [-0.1, -0.05) is 11.8 Å². The zero-order chi connectivity index (χ0) is 8.97. The lowest BCUT2D eigenvalue weighted by Crippen LogP contribution is -2.03. The number of hydrogen-bond donors (Lipinski definition) is 2. The van der Waals surface area contributed by atoms with Crippen LogP contribution in [0.4, 0.5) is 0 Å². The molecular formula is C7H8BrN3S2. The molecule has 1 aromatic rings. The van der Waals surface area contributed by atoms with Gasteiger partial charge < -0.3 is 5.73 Å². The second-order valence-electron chi connectivity index (χ2n) is 2.03. The summed E-state index contributed by atoms with van der Waals surface area (Å²) < 4.78 is 0. The van der Waals surface area contributed by atoms with Crippen LogP contribution in [0.1, 0.15) is 9.75 Å². The quantitative estimate of drug-likeness (QED) is 0.644. The van der Waals surface area contributed by atoms with Gasteiger partial charge in [0.15, 0.2) is 5.17 Å². The number of nitrogens with one attached hydrogen (secondary N) is 1. The van der Waals surface area contributed by atoms with Gasteiger partial charge in [0.25, 0.3) is 0 Å². The zero-order valence-electron chi connectivity index (χ0n) is 6.61. The summed E-state index contributed by atoms with van der Waals surface area (Å²) >= 11 is 2.71. The number of nitriles is 1. The molecule has 0 spiro atoms. The monoisotopic (exact) mass is 277 g/mol. The third-order valence-electron chi connectivity index (χ3n) is 1.14. The summed E-state index contributed by atoms with van der Waals surface area (Å²) in [5.41, 5.74) is 5.17. The van der Waals surface area contributed by atoms with Gasteiger partial charge in [-0.05, 0) is 12.1 Å². The normalized spacial score (nSPS) is 8.54. The molecule has 0 aliphatic heterocycles. The van der Waals surface area contributed by atoms with Crippen molar-refractivity contribution in [1.82, 2.24) is 0 Å². The summed E-state index contributed by atoms with van der Waals surface area (Å²) in [5.74, 6) is 0.682. The number of rotatable bonds is 2. The average molecular weight is 278 g/mol. The third kappa shape index (κ3) is 4.31. The molecule has 1 aromatic heterocycles. The molecule has 0 amide bonds. The number of hydrogen-bond acceptors (Lipinski definition) is 4. The van der Waals surface area contributed by atoms with Gasteiger partial charge in [-0.3, -0.25) is 5.41 Å². The molecular weight excluding hydrogens is 270 g/mol. The zero-order valence-corrected chi connectivity index (χ0v) is 9.96. The molecule has 0 aliphatic carbocycles. The third-order valence-corrected chi connectivity index (χ3v) is 3.08. The highest BCUT2D eigenvalue weighted by molar-refractivity contribution is 8.93. The minimum atomic E-state index is 0. The summed E-state index contributed by atoms with van der Waals surface area (Å²) in [6.45, 7) is 0. The van der Waals surface area contributed by atoms with Gasteiger partial charge in [0.1, 0.15) is 10.9 Å². The molecule has 1 heterocycles. The average Bonchev–Trinajstić information content (AvgIpc) is 2.48. The van der Waals surface area contributed by atoms with Crippen LogP contribution in [0, 0.1) is 16.7 Å². The van der Waals surface area contributed by atoms with Crippen molar-refractivity contribution >= 4 is 45.2 Å². The van der Waals surface area contributed by atoms with Crippen molar-refractivity contribution in [2.24, 2.45) is 5.73 Å². The minimum absolute atomic E-state index is 0. The Morgan fingerprint density at radius 1 is 1.69 bits per heavy atom. The van der Waals surface area contributed by atoms with Gasteiger partial charge in [-0.2, -0.15) is 5.26 Å². The topological polar surface area (TPSA) is 73.7 Å². The molecule has 0 bridgehead atoms. The standard InChI is InChI=1S/C7H7N3S2.BrH/c8-3-5-1-2-6(12-5)4-11-7(9)10;/h1-2H,4H2,(H3,9,10);1H. The molecule has 13 heavy (non-hydrogen) atoms. The Kier molecular flexibility index (Phi) is 5.79. The minimum Gasteiger partial charge on any atom is -0.379 e. The van der Waals surface area contributed by atoms with E-state index in [9.17, 15) is 0 Å². The Morgan fingerprint density at radius 2 is 2.38 bits per heavy atom. The lowest BCUT2D eigenvalue weighted by atomic mass is 10.4. The van der Waals surface area contributed by atoms with Gasteiger partial charge in [-0.25, -0.2) is 0 Å². The van der Waals surface area contributed by atoms with E-state index in [-0.39, 0.29) is 22.1 Å². The van der Waals surface area contributed by atoms with Crippen LogP contribution in [-0.4, -0.2) is 5.17 Å². The number of nitrogens with zero attached hydrogens (tertiary/aromatic N) is 1. The summed E-state index contributed by atoms with van der Waals surface area (Å²) in [6.07, 6.45) is 0. The Hall–Kier alpha value is -0.510. The highest BCUT2D eigenvalue weighted by Gasteiger charge is 1.99. The molecule has 70 valence electrons. The molecule has 1 rings (SSSR count). The van der Waals surface area contributed by atoms with E-state index in [4.69, 9.17) is 16.4 Å². The fourth-order valence-electron chi connectivity index (χ4n) is 0.664. The maximum Gasteiger partial charge on any atom is 0.151 e. The molecule has 6 heteroatoms. The molecule has 0 aromatic carbocycles. The van der Waals surface area contributed by atoms with Crippen LogP contribution >= 0.6 is 40.1 Å². The number of thioether (sulfide) groups is 1. The molecule has 0 unspecified atom stereocenters. The van der Waals surface area contributed by atoms with Crippen LogP contribution < -0.4 is 5.73 Å². The second-order valence-corrected chi connectivity index (χ2v) is 4.22. The van der Waals surface area contributed by atoms with Crippen molar-refractivity contribution in [2.75, 3.05) is 0 Å². The van der Waals surface area contributed by atoms with E-state index < -0.39 is 0 Å². The van der Waals surface area contributed by atoms with E-state index in [1.807, 2.05) is 6.07 Å². The summed E-state index contributed by atoms with van der Waals surface area (Å²) in [5, 5.41) is 15.6. The second kappa shape index (κ2) is 6.02. The maximum absolute atomic E-state index is 8.52. The van der Waals surface area contributed by atoms with Crippen molar-refractivity contribution < 1.29 is 0 Å². The summed E-state index contributed by atoms with van der Waals surface area (Å²) in [4.78, 5) is 1.78. The van der Waals surface area contributed by atoms with Gasteiger partial charge in [0.05, 0.1) is 0 Å². The van der Waals surface area contributed by atoms with Gasteiger partial charge in [0.2, 0.25) is 0 Å². The molecule has 0 fully saturated rings. The number of halogens is 1. The number of amidine groups is 1. The van der Waals surface area contributed by atoms with E-state index in [2.05, 4.69) is 6.07 Å². The number of thiophene rings is 1. The van der Waals surface area contributed by atoms with E-state index in [1.54, 1.807) is 6.07 Å². The lowest BCUT2D eigenvalue weighted by molar-refractivity contribution is 1.49. The predicted molar refractivity (Wildman–Crippen MR) is 62.6 cm³/mol. The van der Waals surface area contributed by atoms with Crippen LogP contribution in [-0.2, 0) is 5.75 Å². The van der Waals surface area contributed by atoms with E-state index >= 15 is 0 Å². The van der Waals surface area contributed by atoms with E-state index in [0.29, 0.717) is 10.6 Å². The summed E-state index contributed by atoms with van der Waals surface area (Å²) in [7, 11) is 0. The molecule has 0 saturated heterocycles. The SMILES string of the molecule is Br.N#Cc1ccc(CSC(=N)N)s1. The van der Waals surface area contributed by atoms with Crippen molar-refractivity contribution in [1.29, 1.82) is 10.7 Å². The van der Waals surface area contributed by atoms with Crippen LogP contribution in [0.2, 0.25) is 0 Å². The smallest absolute Gasteiger partial charge is 0.151 e. The van der Waals surface area contributed by atoms with E-state index in [0.717, 1.165) is 4.88 Å². The van der Waals surface area contributed by atoms with Gasteiger partial charge >= 0.3 is 0 Å². The first-order valence-corrected chi connectivity index (χ1v) is 4.98. The molecule has 3 N–H and O–H groups in total.